The second-order valence-electron chi connectivity index (χ2n) is 4.74. The van der Waals surface area contributed by atoms with Gasteiger partial charge in [-0.25, -0.2) is 8.42 Å². The Balaban J connectivity index is 2.34. The second-order valence-corrected chi connectivity index (χ2v) is 6.63. The molecule has 1 aliphatic heterocycles. The van der Waals surface area contributed by atoms with Crippen LogP contribution in [0.25, 0.3) is 0 Å². The fourth-order valence-electron chi connectivity index (χ4n) is 2.25. The maximum Gasteiger partial charge on any atom is 0.243 e. The van der Waals surface area contributed by atoms with Gasteiger partial charge in [0.25, 0.3) is 0 Å². The Hall–Kier alpha value is -1.44. The zero-order valence-corrected chi connectivity index (χ0v) is 12.2. The van der Waals surface area contributed by atoms with E-state index in [1.807, 2.05) is 6.92 Å². The summed E-state index contributed by atoms with van der Waals surface area (Å²) >= 11 is 0. The van der Waals surface area contributed by atoms with Crippen molar-refractivity contribution in [2.45, 2.75) is 24.3 Å². The summed E-state index contributed by atoms with van der Waals surface area (Å²) in [4.78, 5) is 11.6. The molecule has 1 saturated heterocycles. The third-order valence-electron chi connectivity index (χ3n) is 3.46. The maximum absolute atomic E-state index is 12.6. The van der Waals surface area contributed by atoms with Crippen LogP contribution in [0, 0.1) is 0 Å². The molecule has 1 fully saturated rings. The molecule has 1 atom stereocenters. The first-order valence-corrected chi connectivity index (χ1v) is 8.01. The lowest BCUT2D eigenvalue weighted by atomic mass is 10.2. The van der Waals surface area contributed by atoms with Gasteiger partial charge in [0.1, 0.15) is 6.04 Å². The lowest BCUT2D eigenvalue weighted by molar-refractivity contribution is -0.122. The van der Waals surface area contributed by atoms with Crippen LogP contribution in [-0.4, -0.2) is 44.3 Å². The lowest BCUT2D eigenvalue weighted by Crippen LogP contribution is -2.58. The van der Waals surface area contributed by atoms with E-state index in [1.165, 1.54) is 4.31 Å². The van der Waals surface area contributed by atoms with Crippen LogP contribution >= 0.6 is 0 Å². The van der Waals surface area contributed by atoms with Gasteiger partial charge in [0.15, 0.2) is 0 Å². The quantitative estimate of drug-likeness (QED) is 0.798. The molecule has 3 N–H and O–H groups in total. The number of hydrogen-bond donors (Lipinski definition) is 2. The number of benzene rings is 1. The SMILES string of the molecule is CCc1ccc(S(=O)(=O)N2CCNCC2C(N)=O)cc1. The van der Waals surface area contributed by atoms with E-state index in [1.54, 1.807) is 24.3 Å². The first-order valence-electron chi connectivity index (χ1n) is 6.57. The van der Waals surface area contributed by atoms with Gasteiger partial charge in [-0.1, -0.05) is 19.1 Å². The summed E-state index contributed by atoms with van der Waals surface area (Å²) in [6.45, 7) is 3.01. The average Bonchev–Trinajstić information content (AvgIpc) is 2.47. The highest BCUT2D eigenvalue weighted by Gasteiger charge is 2.36. The van der Waals surface area contributed by atoms with Crippen LogP contribution in [0.15, 0.2) is 29.2 Å². The predicted molar refractivity (Wildman–Crippen MR) is 75.6 cm³/mol. The summed E-state index contributed by atoms with van der Waals surface area (Å²) in [6, 6.07) is 5.89. The molecule has 0 radical (unpaired) electrons. The highest BCUT2D eigenvalue weighted by Crippen LogP contribution is 2.20. The molecule has 1 aromatic carbocycles. The molecule has 1 amide bonds. The van der Waals surface area contributed by atoms with E-state index < -0.39 is 22.0 Å². The lowest BCUT2D eigenvalue weighted by Gasteiger charge is -2.33. The normalized spacial score (nSPS) is 20.8. The molecule has 0 aromatic heterocycles. The zero-order chi connectivity index (χ0) is 14.8. The van der Waals surface area contributed by atoms with Gasteiger partial charge in [0.2, 0.25) is 15.9 Å². The minimum absolute atomic E-state index is 0.197. The van der Waals surface area contributed by atoms with Crippen LogP contribution in [0.1, 0.15) is 12.5 Å². The summed E-state index contributed by atoms with van der Waals surface area (Å²) < 4.78 is 26.4. The number of rotatable bonds is 4. The predicted octanol–water partition coefficient (Wildman–Crippen LogP) is -0.303. The minimum atomic E-state index is -3.69. The van der Waals surface area contributed by atoms with Gasteiger partial charge in [0.05, 0.1) is 4.90 Å². The minimum Gasteiger partial charge on any atom is -0.368 e. The zero-order valence-electron chi connectivity index (χ0n) is 11.4. The Kier molecular flexibility index (Phi) is 4.42. The van der Waals surface area contributed by atoms with Gasteiger partial charge in [0, 0.05) is 19.6 Å². The summed E-state index contributed by atoms with van der Waals surface area (Å²) in [5.41, 5.74) is 6.36. The Bertz CT molecular complexity index is 583. The van der Waals surface area contributed by atoms with Gasteiger partial charge in [-0.05, 0) is 24.1 Å². The molecule has 2 rings (SSSR count). The van der Waals surface area contributed by atoms with E-state index in [-0.39, 0.29) is 18.0 Å². The second kappa shape index (κ2) is 5.90. The smallest absolute Gasteiger partial charge is 0.243 e. The van der Waals surface area contributed by atoms with Crippen LogP contribution < -0.4 is 11.1 Å². The van der Waals surface area contributed by atoms with Crippen LogP contribution in [0.3, 0.4) is 0 Å². The van der Waals surface area contributed by atoms with Gasteiger partial charge < -0.3 is 11.1 Å². The molecule has 0 bridgehead atoms. The molecule has 1 aliphatic rings. The standard InChI is InChI=1S/C13H19N3O3S/c1-2-10-3-5-11(6-4-10)20(18,19)16-8-7-15-9-12(16)13(14)17/h3-6,12,15H,2,7-9H2,1H3,(H2,14,17). The highest BCUT2D eigenvalue weighted by atomic mass is 32.2. The van der Waals surface area contributed by atoms with Crippen LogP contribution in [0.2, 0.25) is 0 Å². The molecule has 1 heterocycles. The van der Waals surface area contributed by atoms with Crippen LogP contribution in [0.4, 0.5) is 0 Å². The number of primary amides is 1. The number of nitrogens with two attached hydrogens (primary N) is 1. The van der Waals surface area contributed by atoms with Crippen molar-refractivity contribution >= 4 is 15.9 Å². The van der Waals surface area contributed by atoms with Crippen molar-refractivity contribution in [2.24, 2.45) is 5.73 Å². The largest absolute Gasteiger partial charge is 0.368 e. The number of hydrogen-bond acceptors (Lipinski definition) is 4. The number of carbonyl (C=O) groups is 1. The Morgan fingerprint density at radius 3 is 2.60 bits per heavy atom. The Labute approximate surface area is 119 Å². The first kappa shape index (κ1) is 15.0. The fraction of sp³-hybridized carbons (Fsp3) is 0.462. The van der Waals surface area contributed by atoms with E-state index in [2.05, 4.69) is 5.32 Å². The molecular weight excluding hydrogens is 278 g/mol. The van der Waals surface area contributed by atoms with E-state index in [4.69, 9.17) is 5.73 Å². The van der Waals surface area contributed by atoms with Crippen molar-refractivity contribution in [3.05, 3.63) is 29.8 Å². The van der Waals surface area contributed by atoms with Crippen LogP contribution in [0.5, 0.6) is 0 Å². The van der Waals surface area contributed by atoms with Gasteiger partial charge in [-0.3, -0.25) is 4.79 Å². The van der Waals surface area contributed by atoms with Crippen molar-refractivity contribution < 1.29 is 13.2 Å². The molecule has 0 saturated carbocycles. The Morgan fingerprint density at radius 2 is 2.05 bits per heavy atom. The van der Waals surface area contributed by atoms with E-state index >= 15 is 0 Å². The molecule has 20 heavy (non-hydrogen) atoms. The molecular formula is C13H19N3O3S. The van der Waals surface area contributed by atoms with E-state index in [0.717, 1.165) is 12.0 Å². The van der Waals surface area contributed by atoms with Gasteiger partial charge in [-0.2, -0.15) is 4.31 Å². The number of carbonyl (C=O) groups excluding carboxylic acids is 1. The average molecular weight is 297 g/mol. The van der Waals surface area contributed by atoms with Crippen molar-refractivity contribution in [2.75, 3.05) is 19.6 Å². The Morgan fingerprint density at radius 1 is 1.40 bits per heavy atom. The molecule has 1 unspecified atom stereocenters. The van der Waals surface area contributed by atoms with E-state index in [9.17, 15) is 13.2 Å². The third-order valence-corrected chi connectivity index (χ3v) is 5.38. The van der Waals surface area contributed by atoms with Crippen molar-refractivity contribution in [3.63, 3.8) is 0 Å². The number of sulfonamides is 1. The topological polar surface area (TPSA) is 92.5 Å². The highest BCUT2D eigenvalue weighted by molar-refractivity contribution is 7.89. The molecule has 0 spiro atoms. The fourth-order valence-corrected chi connectivity index (χ4v) is 3.84. The number of nitrogens with one attached hydrogen (secondary N) is 1. The van der Waals surface area contributed by atoms with Gasteiger partial charge >= 0.3 is 0 Å². The van der Waals surface area contributed by atoms with Crippen LogP contribution in [-0.2, 0) is 21.2 Å². The summed E-state index contributed by atoms with van der Waals surface area (Å²) in [7, 11) is -3.69. The summed E-state index contributed by atoms with van der Waals surface area (Å²) in [6.07, 6.45) is 0.845. The monoisotopic (exact) mass is 297 g/mol. The molecule has 6 nitrogen and oxygen atoms in total. The molecule has 0 aliphatic carbocycles. The number of nitrogens with zero attached hydrogens (tertiary/aromatic N) is 1. The van der Waals surface area contributed by atoms with Crippen molar-refractivity contribution in [1.82, 2.24) is 9.62 Å². The maximum atomic E-state index is 12.6. The third kappa shape index (κ3) is 2.84. The van der Waals surface area contributed by atoms with Crippen molar-refractivity contribution in [1.29, 1.82) is 0 Å². The van der Waals surface area contributed by atoms with E-state index in [0.29, 0.717) is 6.54 Å². The summed E-state index contributed by atoms with van der Waals surface area (Å²) in [5.74, 6) is -0.633. The molecule has 110 valence electrons. The number of amides is 1. The number of piperazine rings is 1. The van der Waals surface area contributed by atoms with Crippen molar-refractivity contribution in [3.8, 4) is 0 Å². The van der Waals surface area contributed by atoms with Gasteiger partial charge in [-0.15, -0.1) is 0 Å². The molecule has 7 heteroatoms. The number of aryl methyl sites for hydroxylation is 1. The molecule has 1 aromatic rings. The summed E-state index contributed by atoms with van der Waals surface area (Å²) in [5, 5.41) is 2.98. The first-order chi connectivity index (χ1) is 9.46.